The maximum atomic E-state index is 12.4. The summed E-state index contributed by atoms with van der Waals surface area (Å²) < 4.78 is 16.6. The SMILES string of the molecule is CCCCCCCCOC(=O)C1CCC2(C(=O)OCCCCCCCC)OC2C1. The smallest absolute Gasteiger partial charge is 0.341 e. The van der Waals surface area contributed by atoms with E-state index >= 15 is 0 Å². The number of hydrogen-bond acceptors (Lipinski definition) is 5. The van der Waals surface area contributed by atoms with Crippen LogP contribution < -0.4 is 0 Å². The highest BCUT2D eigenvalue weighted by atomic mass is 16.7. The van der Waals surface area contributed by atoms with Crippen LogP contribution in [-0.2, 0) is 23.8 Å². The van der Waals surface area contributed by atoms with Crippen molar-refractivity contribution >= 4 is 11.9 Å². The van der Waals surface area contributed by atoms with Crippen molar-refractivity contribution < 1.29 is 23.8 Å². The molecule has 0 spiro atoms. The molecular formula is C24H42O5. The highest BCUT2D eigenvalue weighted by Gasteiger charge is 2.66. The standard InChI is InChI=1S/C24H42O5/c1-3-5-7-9-11-13-17-27-22(25)20-15-16-24(21(19-20)29-24)23(26)28-18-14-12-10-8-6-4-2/h20-21H,3-19H2,1-2H3. The summed E-state index contributed by atoms with van der Waals surface area (Å²) in [5.41, 5.74) is -0.766. The zero-order valence-electron chi connectivity index (χ0n) is 18.7. The molecule has 0 amide bonds. The summed E-state index contributed by atoms with van der Waals surface area (Å²) in [4.78, 5) is 24.7. The van der Waals surface area contributed by atoms with Gasteiger partial charge in [0.1, 0.15) is 0 Å². The van der Waals surface area contributed by atoms with Crippen LogP contribution in [0.5, 0.6) is 0 Å². The van der Waals surface area contributed by atoms with E-state index in [0.717, 1.165) is 25.7 Å². The Balaban J connectivity index is 1.54. The van der Waals surface area contributed by atoms with Crippen LogP contribution in [0.1, 0.15) is 110 Å². The van der Waals surface area contributed by atoms with Gasteiger partial charge in [0.25, 0.3) is 0 Å². The Hall–Kier alpha value is -1.10. The molecule has 0 aromatic heterocycles. The minimum Gasteiger partial charge on any atom is -0.465 e. The number of epoxide rings is 1. The lowest BCUT2D eigenvalue weighted by Gasteiger charge is -2.22. The van der Waals surface area contributed by atoms with Crippen molar-refractivity contribution in [3.63, 3.8) is 0 Å². The van der Waals surface area contributed by atoms with E-state index < -0.39 is 5.60 Å². The van der Waals surface area contributed by atoms with E-state index in [9.17, 15) is 9.59 Å². The number of ether oxygens (including phenoxy) is 3. The lowest BCUT2D eigenvalue weighted by Crippen LogP contribution is -2.36. The topological polar surface area (TPSA) is 65.1 Å². The normalized spacial score (nSPS) is 25.3. The third kappa shape index (κ3) is 7.92. The van der Waals surface area contributed by atoms with Gasteiger partial charge < -0.3 is 14.2 Å². The Morgan fingerprint density at radius 2 is 1.38 bits per heavy atom. The molecule has 1 aliphatic carbocycles. The van der Waals surface area contributed by atoms with Gasteiger partial charge in [0.05, 0.1) is 25.2 Å². The summed E-state index contributed by atoms with van der Waals surface area (Å²) in [5.74, 6) is -0.486. The first-order valence-electron chi connectivity index (χ1n) is 12.2. The maximum Gasteiger partial charge on any atom is 0.341 e. The molecule has 1 heterocycles. The van der Waals surface area contributed by atoms with Gasteiger partial charge in [-0.2, -0.15) is 0 Å². The summed E-state index contributed by atoms with van der Waals surface area (Å²) in [6, 6.07) is 0. The first-order chi connectivity index (χ1) is 14.1. The molecule has 2 fully saturated rings. The van der Waals surface area contributed by atoms with Crippen LogP contribution in [0.2, 0.25) is 0 Å². The minimum absolute atomic E-state index is 0.122. The van der Waals surface area contributed by atoms with E-state index in [2.05, 4.69) is 13.8 Å². The Labute approximate surface area is 177 Å². The average Bonchev–Trinajstić information content (AvgIpc) is 3.47. The Kier molecular flexibility index (Phi) is 11.0. The summed E-state index contributed by atoms with van der Waals surface area (Å²) in [7, 11) is 0. The number of unbranched alkanes of at least 4 members (excludes halogenated alkanes) is 10. The van der Waals surface area contributed by atoms with Crippen LogP contribution in [0.25, 0.3) is 0 Å². The largest absolute Gasteiger partial charge is 0.465 e. The van der Waals surface area contributed by atoms with E-state index in [4.69, 9.17) is 14.2 Å². The van der Waals surface area contributed by atoms with Crippen molar-refractivity contribution in [2.75, 3.05) is 13.2 Å². The molecule has 0 radical (unpaired) electrons. The van der Waals surface area contributed by atoms with Crippen LogP contribution in [0.15, 0.2) is 0 Å². The first kappa shape index (κ1) is 24.2. The van der Waals surface area contributed by atoms with Crippen molar-refractivity contribution in [3.8, 4) is 0 Å². The van der Waals surface area contributed by atoms with Gasteiger partial charge in [0.15, 0.2) is 5.60 Å². The molecule has 3 unspecified atom stereocenters. The van der Waals surface area contributed by atoms with Crippen molar-refractivity contribution in [2.24, 2.45) is 5.92 Å². The molecule has 0 bridgehead atoms. The first-order valence-corrected chi connectivity index (χ1v) is 12.2. The summed E-state index contributed by atoms with van der Waals surface area (Å²) in [6.07, 6.45) is 15.7. The molecule has 3 atom stereocenters. The van der Waals surface area contributed by atoms with Gasteiger partial charge in [-0.25, -0.2) is 4.79 Å². The second kappa shape index (κ2) is 13.3. The second-order valence-electron chi connectivity index (χ2n) is 8.81. The van der Waals surface area contributed by atoms with Gasteiger partial charge in [0.2, 0.25) is 0 Å². The summed E-state index contributed by atoms with van der Waals surface area (Å²) >= 11 is 0. The zero-order chi connectivity index (χ0) is 21.0. The number of carbonyl (C=O) groups excluding carboxylic acids is 2. The van der Waals surface area contributed by atoms with Gasteiger partial charge in [-0.15, -0.1) is 0 Å². The lowest BCUT2D eigenvalue weighted by molar-refractivity contribution is -0.154. The number of carbonyl (C=O) groups is 2. The molecule has 0 N–H and O–H groups in total. The molecule has 2 rings (SSSR count). The lowest BCUT2D eigenvalue weighted by atomic mass is 9.82. The zero-order valence-corrected chi connectivity index (χ0v) is 18.7. The fraction of sp³-hybridized carbons (Fsp3) is 0.917. The van der Waals surface area contributed by atoms with Crippen molar-refractivity contribution in [3.05, 3.63) is 0 Å². The van der Waals surface area contributed by atoms with E-state index in [1.165, 1.54) is 51.4 Å². The highest BCUT2D eigenvalue weighted by molar-refractivity contribution is 5.84. The van der Waals surface area contributed by atoms with E-state index in [1.54, 1.807) is 0 Å². The fourth-order valence-electron chi connectivity index (χ4n) is 4.28. The second-order valence-corrected chi connectivity index (χ2v) is 8.81. The van der Waals surface area contributed by atoms with Crippen molar-refractivity contribution in [1.29, 1.82) is 0 Å². The molecular weight excluding hydrogens is 368 g/mol. The van der Waals surface area contributed by atoms with Crippen LogP contribution in [-0.4, -0.2) is 36.9 Å². The maximum absolute atomic E-state index is 12.4. The molecule has 29 heavy (non-hydrogen) atoms. The van der Waals surface area contributed by atoms with Gasteiger partial charge in [-0.1, -0.05) is 78.1 Å². The van der Waals surface area contributed by atoms with Crippen LogP contribution in [0.4, 0.5) is 0 Å². The fourth-order valence-corrected chi connectivity index (χ4v) is 4.28. The highest BCUT2D eigenvalue weighted by Crippen LogP contribution is 2.50. The number of fused-ring (bicyclic) bond motifs is 1. The molecule has 1 aliphatic heterocycles. The predicted molar refractivity (Wildman–Crippen MR) is 114 cm³/mol. The third-order valence-corrected chi connectivity index (χ3v) is 6.33. The predicted octanol–water partition coefficient (Wildman–Crippen LogP) is 5.73. The van der Waals surface area contributed by atoms with E-state index in [1.807, 2.05) is 0 Å². The van der Waals surface area contributed by atoms with Crippen LogP contribution >= 0.6 is 0 Å². The van der Waals surface area contributed by atoms with E-state index in [-0.39, 0.29) is 24.0 Å². The van der Waals surface area contributed by atoms with Crippen LogP contribution in [0, 0.1) is 5.92 Å². The molecule has 2 aliphatic rings. The summed E-state index contributed by atoms with van der Waals surface area (Å²) in [6.45, 7) is 5.40. The van der Waals surface area contributed by atoms with Gasteiger partial charge in [-0.05, 0) is 32.1 Å². The average molecular weight is 411 g/mol. The van der Waals surface area contributed by atoms with Crippen molar-refractivity contribution in [1.82, 2.24) is 0 Å². The quantitative estimate of drug-likeness (QED) is 0.185. The number of hydrogen-bond donors (Lipinski definition) is 0. The Morgan fingerprint density at radius 1 is 0.828 bits per heavy atom. The van der Waals surface area contributed by atoms with Crippen molar-refractivity contribution in [2.45, 2.75) is 122 Å². The minimum atomic E-state index is -0.766. The van der Waals surface area contributed by atoms with Gasteiger partial charge in [0, 0.05) is 0 Å². The number of rotatable bonds is 16. The van der Waals surface area contributed by atoms with Gasteiger partial charge in [-0.3, -0.25) is 4.79 Å². The molecule has 1 saturated carbocycles. The molecule has 1 saturated heterocycles. The Morgan fingerprint density at radius 3 is 1.97 bits per heavy atom. The molecule has 0 aromatic rings. The number of esters is 2. The molecule has 168 valence electrons. The molecule has 5 heteroatoms. The molecule has 5 nitrogen and oxygen atoms in total. The Bertz CT molecular complexity index is 492. The van der Waals surface area contributed by atoms with E-state index in [0.29, 0.717) is 32.5 Å². The van der Waals surface area contributed by atoms with Crippen LogP contribution in [0.3, 0.4) is 0 Å². The van der Waals surface area contributed by atoms with Gasteiger partial charge >= 0.3 is 11.9 Å². The summed E-state index contributed by atoms with van der Waals surface area (Å²) in [5, 5.41) is 0. The monoisotopic (exact) mass is 410 g/mol. The third-order valence-electron chi connectivity index (χ3n) is 6.33. The molecule has 0 aromatic carbocycles.